The van der Waals surface area contributed by atoms with Gasteiger partial charge in [0.15, 0.2) is 0 Å². The lowest BCUT2D eigenvalue weighted by Crippen LogP contribution is -2.50. The van der Waals surface area contributed by atoms with Crippen LogP contribution in [0.1, 0.15) is 34.1 Å². The van der Waals surface area contributed by atoms with Gasteiger partial charge in [-0.2, -0.15) is 0 Å². The third-order valence-electron chi connectivity index (χ3n) is 3.40. The predicted molar refractivity (Wildman–Crippen MR) is 75.2 cm³/mol. The van der Waals surface area contributed by atoms with Crippen molar-refractivity contribution in [3.63, 3.8) is 0 Å². The summed E-state index contributed by atoms with van der Waals surface area (Å²) in [5, 5.41) is 14.2. The van der Waals surface area contributed by atoms with Gasteiger partial charge in [0.05, 0.1) is 0 Å². The summed E-state index contributed by atoms with van der Waals surface area (Å²) in [6, 6.07) is -0.852. The monoisotopic (exact) mass is 273 g/mol. The Hall–Kier alpha value is -1.30. The number of hydrogen-bond acceptors (Lipinski definition) is 3. The topological polar surface area (TPSA) is 81.7 Å². The van der Waals surface area contributed by atoms with Gasteiger partial charge < -0.3 is 20.6 Å². The Balaban J connectivity index is 4.11. The van der Waals surface area contributed by atoms with Gasteiger partial charge in [-0.25, -0.2) is 9.59 Å². The van der Waals surface area contributed by atoms with Crippen molar-refractivity contribution in [1.29, 1.82) is 0 Å². The normalized spacial score (nSPS) is 14.3. The minimum atomic E-state index is -0.996. The van der Waals surface area contributed by atoms with Crippen LogP contribution in [-0.4, -0.2) is 54.2 Å². The van der Waals surface area contributed by atoms with Crippen molar-refractivity contribution in [2.45, 2.75) is 46.2 Å². The van der Waals surface area contributed by atoms with Gasteiger partial charge in [-0.1, -0.05) is 20.3 Å². The standard InChI is InChI=1S/C13H27N3O3/c1-6-10(4)11(12(17)18)15-13(19)14-7-8-16(5)9(2)3/h9-11H,6-8H2,1-5H3,(H,17,18)(H2,14,15,19)/t10?,11-/m0/s1. The van der Waals surface area contributed by atoms with E-state index in [1.807, 2.05) is 20.9 Å². The number of hydrogen-bond donors (Lipinski definition) is 3. The van der Waals surface area contributed by atoms with Gasteiger partial charge in [-0.05, 0) is 26.8 Å². The molecule has 0 rings (SSSR count). The van der Waals surface area contributed by atoms with Crippen molar-refractivity contribution in [2.24, 2.45) is 5.92 Å². The van der Waals surface area contributed by atoms with Crippen LogP contribution in [0.3, 0.4) is 0 Å². The molecular weight excluding hydrogens is 246 g/mol. The molecule has 0 spiro atoms. The first kappa shape index (κ1) is 17.7. The van der Waals surface area contributed by atoms with E-state index in [4.69, 9.17) is 5.11 Å². The molecule has 112 valence electrons. The molecule has 0 aliphatic carbocycles. The van der Waals surface area contributed by atoms with Crippen LogP contribution in [0.2, 0.25) is 0 Å². The van der Waals surface area contributed by atoms with Crippen molar-refractivity contribution in [3.8, 4) is 0 Å². The first-order valence-corrected chi connectivity index (χ1v) is 6.77. The molecule has 0 bridgehead atoms. The molecule has 0 fully saturated rings. The SMILES string of the molecule is CCC(C)[C@H](NC(=O)NCCN(C)C(C)C)C(=O)O. The van der Waals surface area contributed by atoms with E-state index in [2.05, 4.69) is 29.4 Å². The number of likely N-dealkylation sites (N-methyl/N-ethyl adjacent to an activating group) is 1. The van der Waals surface area contributed by atoms with Crippen LogP contribution in [-0.2, 0) is 4.79 Å². The van der Waals surface area contributed by atoms with E-state index in [1.165, 1.54) is 0 Å². The summed E-state index contributed by atoms with van der Waals surface area (Å²) >= 11 is 0. The van der Waals surface area contributed by atoms with E-state index in [1.54, 1.807) is 0 Å². The van der Waals surface area contributed by atoms with Gasteiger partial charge in [-0.3, -0.25) is 0 Å². The number of rotatable bonds is 8. The average Bonchev–Trinajstić information content (AvgIpc) is 2.34. The molecule has 0 aromatic heterocycles. The summed E-state index contributed by atoms with van der Waals surface area (Å²) in [7, 11) is 1.98. The number of carboxylic acids is 1. The molecule has 0 heterocycles. The number of amides is 2. The summed E-state index contributed by atoms with van der Waals surface area (Å²) < 4.78 is 0. The summed E-state index contributed by atoms with van der Waals surface area (Å²) in [4.78, 5) is 24.8. The number of urea groups is 1. The Morgan fingerprint density at radius 1 is 1.26 bits per heavy atom. The highest BCUT2D eigenvalue weighted by atomic mass is 16.4. The van der Waals surface area contributed by atoms with E-state index in [0.717, 1.165) is 6.54 Å². The van der Waals surface area contributed by atoms with Crippen molar-refractivity contribution in [3.05, 3.63) is 0 Å². The maximum Gasteiger partial charge on any atom is 0.326 e. The van der Waals surface area contributed by atoms with E-state index in [0.29, 0.717) is 19.0 Å². The van der Waals surface area contributed by atoms with Gasteiger partial charge in [0.25, 0.3) is 0 Å². The smallest absolute Gasteiger partial charge is 0.326 e. The summed E-state index contributed by atoms with van der Waals surface area (Å²) in [5.41, 5.74) is 0. The molecule has 19 heavy (non-hydrogen) atoms. The molecular formula is C13H27N3O3. The van der Waals surface area contributed by atoms with E-state index in [9.17, 15) is 9.59 Å². The first-order chi connectivity index (χ1) is 8.79. The van der Waals surface area contributed by atoms with Gasteiger partial charge in [-0.15, -0.1) is 0 Å². The second-order valence-corrected chi connectivity index (χ2v) is 5.18. The van der Waals surface area contributed by atoms with Gasteiger partial charge >= 0.3 is 12.0 Å². The largest absolute Gasteiger partial charge is 0.480 e. The molecule has 6 heteroatoms. The lowest BCUT2D eigenvalue weighted by atomic mass is 9.99. The quantitative estimate of drug-likeness (QED) is 0.619. The Kier molecular flexibility index (Phi) is 8.14. The van der Waals surface area contributed by atoms with Crippen LogP contribution in [0, 0.1) is 5.92 Å². The molecule has 0 saturated carbocycles. The minimum absolute atomic E-state index is 0.0958. The van der Waals surface area contributed by atoms with Crippen molar-refractivity contribution in [2.75, 3.05) is 20.1 Å². The zero-order chi connectivity index (χ0) is 15.0. The minimum Gasteiger partial charge on any atom is -0.480 e. The summed E-state index contributed by atoms with van der Waals surface area (Å²) in [6.07, 6.45) is 0.702. The second-order valence-electron chi connectivity index (χ2n) is 5.18. The maximum atomic E-state index is 11.6. The van der Waals surface area contributed by atoms with Crippen molar-refractivity contribution < 1.29 is 14.7 Å². The van der Waals surface area contributed by atoms with Crippen molar-refractivity contribution in [1.82, 2.24) is 15.5 Å². The van der Waals surface area contributed by atoms with Crippen LogP contribution >= 0.6 is 0 Å². The molecule has 2 atom stereocenters. The highest BCUT2D eigenvalue weighted by Gasteiger charge is 2.25. The summed E-state index contributed by atoms with van der Waals surface area (Å²) in [5.74, 6) is -1.09. The fourth-order valence-corrected chi connectivity index (χ4v) is 1.48. The molecule has 0 saturated heterocycles. The number of nitrogens with zero attached hydrogens (tertiary/aromatic N) is 1. The average molecular weight is 273 g/mol. The van der Waals surface area contributed by atoms with Gasteiger partial charge in [0.2, 0.25) is 0 Å². The number of carboxylic acid groups (broad SMARTS) is 1. The fraction of sp³-hybridized carbons (Fsp3) is 0.846. The molecule has 3 N–H and O–H groups in total. The molecule has 0 aliphatic heterocycles. The first-order valence-electron chi connectivity index (χ1n) is 6.77. The molecule has 0 aliphatic rings. The lowest BCUT2D eigenvalue weighted by Gasteiger charge is -2.22. The Morgan fingerprint density at radius 3 is 2.26 bits per heavy atom. The maximum absolute atomic E-state index is 11.6. The molecule has 0 aromatic carbocycles. The van der Waals surface area contributed by atoms with Crippen LogP contribution in [0.4, 0.5) is 4.79 Å². The Labute approximate surface area is 115 Å². The number of aliphatic carboxylic acids is 1. The third kappa shape index (κ3) is 7.00. The van der Waals surface area contributed by atoms with Crippen LogP contribution in [0.5, 0.6) is 0 Å². The van der Waals surface area contributed by atoms with Gasteiger partial charge in [0, 0.05) is 19.1 Å². The lowest BCUT2D eigenvalue weighted by molar-refractivity contribution is -0.140. The number of carbonyl (C=O) groups excluding carboxylic acids is 1. The van der Waals surface area contributed by atoms with Crippen LogP contribution in [0.25, 0.3) is 0 Å². The van der Waals surface area contributed by atoms with Crippen molar-refractivity contribution >= 4 is 12.0 Å². The highest BCUT2D eigenvalue weighted by Crippen LogP contribution is 2.07. The molecule has 0 aromatic rings. The molecule has 0 radical (unpaired) electrons. The molecule has 2 amide bonds. The number of carbonyl (C=O) groups is 2. The Morgan fingerprint density at radius 2 is 1.84 bits per heavy atom. The zero-order valence-electron chi connectivity index (χ0n) is 12.6. The van der Waals surface area contributed by atoms with Crippen LogP contribution in [0.15, 0.2) is 0 Å². The third-order valence-corrected chi connectivity index (χ3v) is 3.40. The zero-order valence-corrected chi connectivity index (χ0v) is 12.6. The number of nitrogens with one attached hydrogen (secondary N) is 2. The van der Waals surface area contributed by atoms with E-state index >= 15 is 0 Å². The Bertz CT molecular complexity index is 295. The van der Waals surface area contributed by atoms with Gasteiger partial charge in [0.1, 0.15) is 6.04 Å². The summed E-state index contributed by atoms with van der Waals surface area (Å²) in [6.45, 7) is 9.08. The fourth-order valence-electron chi connectivity index (χ4n) is 1.48. The van der Waals surface area contributed by atoms with E-state index in [-0.39, 0.29) is 5.92 Å². The second kappa shape index (κ2) is 8.74. The molecule has 1 unspecified atom stereocenters. The predicted octanol–water partition coefficient (Wildman–Crippen LogP) is 1.13. The highest BCUT2D eigenvalue weighted by molar-refractivity contribution is 5.82. The molecule has 6 nitrogen and oxygen atoms in total. The van der Waals surface area contributed by atoms with Crippen LogP contribution < -0.4 is 10.6 Å². The van der Waals surface area contributed by atoms with E-state index < -0.39 is 18.0 Å².